The molecule has 0 radical (unpaired) electrons. The molecule has 0 saturated carbocycles. The summed E-state index contributed by atoms with van der Waals surface area (Å²) in [7, 11) is 0. The zero-order valence-corrected chi connectivity index (χ0v) is 17.3. The van der Waals surface area contributed by atoms with Crippen molar-refractivity contribution in [1.29, 1.82) is 0 Å². The Morgan fingerprint density at radius 1 is 1.21 bits per heavy atom. The number of hydrogen-bond acceptors (Lipinski definition) is 4. The molecule has 0 amide bonds. The van der Waals surface area contributed by atoms with Crippen LogP contribution >= 0.6 is 0 Å². The fourth-order valence-electron chi connectivity index (χ4n) is 3.89. The van der Waals surface area contributed by atoms with Crippen molar-refractivity contribution >= 4 is 11.9 Å². The van der Waals surface area contributed by atoms with Gasteiger partial charge in [0.25, 0.3) is 0 Å². The fourth-order valence-corrected chi connectivity index (χ4v) is 3.89. The molecule has 0 aromatic heterocycles. The van der Waals surface area contributed by atoms with Crippen molar-refractivity contribution in [2.24, 2.45) is 22.4 Å². The first-order valence-corrected chi connectivity index (χ1v) is 9.84. The van der Waals surface area contributed by atoms with Crippen LogP contribution in [0.2, 0.25) is 0 Å². The third-order valence-electron chi connectivity index (χ3n) is 5.97. The Morgan fingerprint density at radius 2 is 1.89 bits per heavy atom. The van der Waals surface area contributed by atoms with Gasteiger partial charge in [0.15, 0.2) is 5.96 Å². The van der Waals surface area contributed by atoms with Crippen molar-refractivity contribution < 1.29 is 19.7 Å². The van der Waals surface area contributed by atoms with E-state index in [0.29, 0.717) is 38.0 Å². The van der Waals surface area contributed by atoms with Crippen molar-refractivity contribution in [2.45, 2.75) is 71.8 Å². The first-order valence-electron chi connectivity index (χ1n) is 9.84. The highest BCUT2D eigenvalue weighted by Gasteiger charge is 2.35. The van der Waals surface area contributed by atoms with Gasteiger partial charge in [-0.2, -0.15) is 0 Å². The van der Waals surface area contributed by atoms with Crippen LogP contribution in [0.5, 0.6) is 11.5 Å². The summed E-state index contributed by atoms with van der Waals surface area (Å²) in [6.45, 7) is 8.26. The maximum Gasteiger partial charge on any atom is 0.306 e. The molecule has 1 aliphatic heterocycles. The molecule has 1 aromatic carbocycles. The number of nitrogens with zero attached hydrogens (tertiary/aromatic N) is 1. The number of benzene rings is 1. The van der Waals surface area contributed by atoms with Crippen LogP contribution in [-0.2, 0) is 11.2 Å². The highest BCUT2D eigenvalue weighted by molar-refractivity contribution is 5.75. The zero-order chi connectivity index (χ0) is 21.1. The van der Waals surface area contributed by atoms with Gasteiger partial charge in [-0.05, 0) is 82.9 Å². The molecule has 1 heterocycles. The molecule has 0 aliphatic carbocycles. The lowest BCUT2D eigenvalue weighted by atomic mass is 9.83. The molecule has 2 rings (SSSR count). The molecule has 0 saturated heterocycles. The van der Waals surface area contributed by atoms with Gasteiger partial charge < -0.3 is 26.4 Å². The minimum atomic E-state index is -0.794. The SMILES string of the molecule is Cc1c(C)c2c(c(C)c1O)CCC(C)(CCC(CCCN=C(N)N)C(=O)O)O2. The molecule has 0 spiro atoms. The summed E-state index contributed by atoms with van der Waals surface area (Å²) in [6.07, 6.45) is 3.97. The summed E-state index contributed by atoms with van der Waals surface area (Å²) in [6, 6.07) is 0. The van der Waals surface area contributed by atoms with Gasteiger partial charge in [0.05, 0.1) is 5.92 Å². The monoisotopic (exact) mass is 391 g/mol. The van der Waals surface area contributed by atoms with E-state index in [0.717, 1.165) is 40.8 Å². The summed E-state index contributed by atoms with van der Waals surface area (Å²) >= 11 is 0. The number of ether oxygens (including phenoxy) is 1. The minimum Gasteiger partial charge on any atom is -0.507 e. The number of hydrogen-bond donors (Lipinski definition) is 4. The molecule has 156 valence electrons. The summed E-state index contributed by atoms with van der Waals surface area (Å²) < 4.78 is 6.40. The quantitative estimate of drug-likeness (QED) is 0.306. The zero-order valence-electron chi connectivity index (χ0n) is 17.3. The number of carboxylic acids is 1. The largest absolute Gasteiger partial charge is 0.507 e. The van der Waals surface area contributed by atoms with Crippen molar-refractivity contribution in [2.75, 3.05) is 6.54 Å². The summed E-state index contributed by atoms with van der Waals surface area (Å²) in [5.74, 6) is -0.0188. The lowest BCUT2D eigenvalue weighted by Gasteiger charge is -2.38. The smallest absolute Gasteiger partial charge is 0.306 e. The Labute approximate surface area is 166 Å². The number of nitrogens with two attached hydrogens (primary N) is 2. The molecule has 2 unspecified atom stereocenters. The van der Waals surface area contributed by atoms with E-state index in [1.54, 1.807) is 0 Å². The molecule has 2 atom stereocenters. The van der Waals surface area contributed by atoms with Crippen LogP contribution in [0.25, 0.3) is 0 Å². The molecule has 7 nitrogen and oxygen atoms in total. The lowest BCUT2D eigenvalue weighted by Crippen LogP contribution is -2.38. The first-order chi connectivity index (χ1) is 13.1. The van der Waals surface area contributed by atoms with Gasteiger partial charge in [-0.1, -0.05) is 0 Å². The molecule has 0 fully saturated rings. The predicted molar refractivity (Wildman–Crippen MR) is 110 cm³/mol. The summed E-state index contributed by atoms with van der Waals surface area (Å²) in [5.41, 5.74) is 13.9. The average molecular weight is 392 g/mol. The van der Waals surface area contributed by atoms with Crippen LogP contribution in [-0.4, -0.2) is 34.3 Å². The van der Waals surface area contributed by atoms with Gasteiger partial charge in [0, 0.05) is 12.1 Å². The predicted octanol–water partition coefficient (Wildman–Crippen LogP) is 2.94. The van der Waals surface area contributed by atoms with E-state index in [4.69, 9.17) is 16.2 Å². The second-order valence-electron chi connectivity index (χ2n) is 8.11. The Kier molecular flexibility index (Phi) is 6.80. The number of aliphatic imine (C=N–C) groups is 1. The third-order valence-corrected chi connectivity index (χ3v) is 5.97. The van der Waals surface area contributed by atoms with Gasteiger partial charge in [-0.3, -0.25) is 9.79 Å². The number of fused-ring (bicyclic) bond motifs is 1. The Balaban J connectivity index is 2.06. The lowest BCUT2D eigenvalue weighted by molar-refractivity contribution is -0.142. The number of carboxylic acid groups (broad SMARTS) is 1. The number of carbonyl (C=O) groups is 1. The van der Waals surface area contributed by atoms with Gasteiger partial charge in [-0.25, -0.2) is 0 Å². The third kappa shape index (κ3) is 4.88. The Hall–Kier alpha value is -2.44. The van der Waals surface area contributed by atoms with Crippen LogP contribution in [0, 0.1) is 26.7 Å². The molecule has 1 aliphatic rings. The maximum atomic E-state index is 11.6. The number of aromatic hydroxyl groups is 1. The second kappa shape index (κ2) is 8.71. The van der Waals surface area contributed by atoms with E-state index in [9.17, 15) is 15.0 Å². The highest BCUT2D eigenvalue weighted by Crippen LogP contribution is 2.44. The van der Waals surface area contributed by atoms with Gasteiger partial charge in [0.1, 0.15) is 17.1 Å². The van der Waals surface area contributed by atoms with E-state index in [1.807, 2.05) is 27.7 Å². The fraction of sp³-hybridized carbons (Fsp3) is 0.619. The highest BCUT2D eigenvalue weighted by atomic mass is 16.5. The minimum absolute atomic E-state index is 0.0284. The standard InChI is InChI=1S/C21H33N3O4/c1-12-13(2)18-16(14(3)17(12)25)8-10-21(4,28-18)9-7-15(19(26)27)6-5-11-24-20(22)23/h15,25H,5-11H2,1-4H3,(H,26,27)(H4,22,23,24). The number of rotatable bonds is 8. The van der Waals surface area contributed by atoms with Crippen LogP contribution in [0.3, 0.4) is 0 Å². The summed E-state index contributed by atoms with van der Waals surface area (Å²) in [5, 5.41) is 19.8. The molecule has 0 bridgehead atoms. The molecule has 7 heteroatoms. The van der Waals surface area contributed by atoms with Crippen LogP contribution in [0.4, 0.5) is 0 Å². The van der Waals surface area contributed by atoms with Crippen LogP contribution in [0.15, 0.2) is 4.99 Å². The maximum absolute atomic E-state index is 11.6. The van der Waals surface area contributed by atoms with E-state index < -0.39 is 17.5 Å². The van der Waals surface area contributed by atoms with E-state index >= 15 is 0 Å². The van der Waals surface area contributed by atoms with Crippen molar-refractivity contribution in [3.05, 3.63) is 22.3 Å². The molecule has 1 aromatic rings. The van der Waals surface area contributed by atoms with Gasteiger partial charge in [-0.15, -0.1) is 0 Å². The number of aliphatic carboxylic acids is 1. The topological polar surface area (TPSA) is 131 Å². The van der Waals surface area contributed by atoms with Gasteiger partial charge in [0.2, 0.25) is 0 Å². The van der Waals surface area contributed by atoms with E-state index in [2.05, 4.69) is 4.99 Å². The van der Waals surface area contributed by atoms with Crippen LogP contribution < -0.4 is 16.2 Å². The van der Waals surface area contributed by atoms with Crippen molar-refractivity contribution in [3.63, 3.8) is 0 Å². The normalized spacial score (nSPS) is 19.4. The number of phenols is 1. The van der Waals surface area contributed by atoms with E-state index in [-0.39, 0.29) is 5.96 Å². The van der Waals surface area contributed by atoms with E-state index in [1.165, 1.54) is 0 Å². The molecular weight excluding hydrogens is 358 g/mol. The Morgan fingerprint density at radius 3 is 2.50 bits per heavy atom. The van der Waals surface area contributed by atoms with Crippen molar-refractivity contribution in [3.8, 4) is 11.5 Å². The Bertz CT molecular complexity index is 772. The second-order valence-corrected chi connectivity index (χ2v) is 8.11. The molecule has 6 N–H and O–H groups in total. The van der Waals surface area contributed by atoms with Gasteiger partial charge >= 0.3 is 5.97 Å². The summed E-state index contributed by atoms with van der Waals surface area (Å²) in [4.78, 5) is 15.5. The number of phenolic OH excluding ortho intramolecular Hbond substituents is 1. The molecule has 28 heavy (non-hydrogen) atoms. The number of guanidine groups is 1. The molecular formula is C21H33N3O4. The van der Waals surface area contributed by atoms with Crippen LogP contribution in [0.1, 0.15) is 61.3 Å². The van der Waals surface area contributed by atoms with Crippen molar-refractivity contribution in [1.82, 2.24) is 0 Å². The first kappa shape index (κ1) is 21.9. The average Bonchev–Trinajstić information content (AvgIpc) is 2.63.